The van der Waals surface area contributed by atoms with E-state index >= 15 is 0 Å². The van der Waals surface area contributed by atoms with E-state index in [9.17, 15) is 14.4 Å². The van der Waals surface area contributed by atoms with Crippen molar-refractivity contribution in [1.82, 2.24) is 15.2 Å². The maximum atomic E-state index is 12.8. The first-order valence-electron chi connectivity index (χ1n) is 7.07. The Morgan fingerprint density at radius 2 is 1.95 bits per heavy atom. The number of aromatic nitrogens is 1. The van der Waals surface area contributed by atoms with Gasteiger partial charge in [-0.1, -0.05) is 19.9 Å². The van der Waals surface area contributed by atoms with Crippen LogP contribution in [0.25, 0.3) is 0 Å². The number of nitrogens with zero attached hydrogens (tertiary/aromatic N) is 2. The van der Waals surface area contributed by atoms with Crippen LogP contribution in [0.15, 0.2) is 24.5 Å². The van der Waals surface area contributed by atoms with Crippen molar-refractivity contribution >= 4 is 17.8 Å². The first-order valence-corrected chi connectivity index (χ1v) is 7.07. The van der Waals surface area contributed by atoms with Crippen LogP contribution in [0.5, 0.6) is 0 Å². The third-order valence-corrected chi connectivity index (χ3v) is 4.26. The molecule has 112 valence electrons. The largest absolute Gasteiger partial charge is 0.331 e. The van der Waals surface area contributed by atoms with Crippen molar-refractivity contribution in [2.45, 2.75) is 39.7 Å². The van der Waals surface area contributed by atoms with Crippen LogP contribution < -0.4 is 5.32 Å². The first-order chi connectivity index (χ1) is 9.97. The van der Waals surface area contributed by atoms with Crippen LogP contribution >= 0.6 is 0 Å². The van der Waals surface area contributed by atoms with Gasteiger partial charge in [0.05, 0.1) is 6.04 Å². The Morgan fingerprint density at radius 1 is 1.29 bits per heavy atom. The fourth-order valence-corrected chi connectivity index (χ4v) is 2.69. The summed E-state index contributed by atoms with van der Waals surface area (Å²) >= 11 is 0. The number of rotatable bonds is 4. The monoisotopic (exact) mass is 289 g/mol. The molecule has 0 bridgehead atoms. The van der Waals surface area contributed by atoms with Gasteiger partial charge in [-0.05, 0) is 31.4 Å². The highest BCUT2D eigenvalue weighted by atomic mass is 16.2. The van der Waals surface area contributed by atoms with Gasteiger partial charge in [0, 0.05) is 12.4 Å². The summed E-state index contributed by atoms with van der Waals surface area (Å²) in [4.78, 5) is 42.1. The van der Waals surface area contributed by atoms with E-state index in [1.165, 1.54) is 0 Å². The molecule has 2 heterocycles. The quantitative estimate of drug-likeness (QED) is 0.860. The maximum absolute atomic E-state index is 12.8. The summed E-state index contributed by atoms with van der Waals surface area (Å²) in [5.74, 6) is -0.935. The lowest BCUT2D eigenvalue weighted by Gasteiger charge is -2.40. The molecule has 1 fully saturated rings. The summed E-state index contributed by atoms with van der Waals surface area (Å²) in [5, 5.41) is 2.31. The number of pyridine rings is 1. The van der Waals surface area contributed by atoms with Crippen LogP contribution in [-0.4, -0.2) is 27.7 Å². The molecule has 1 unspecified atom stereocenters. The third kappa shape index (κ3) is 2.30. The van der Waals surface area contributed by atoms with Crippen LogP contribution in [0.3, 0.4) is 0 Å². The van der Waals surface area contributed by atoms with Gasteiger partial charge in [-0.2, -0.15) is 0 Å². The van der Waals surface area contributed by atoms with Gasteiger partial charge in [0.1, 0.15) is 5.41 Å². The van der Waals surface area contributed by atoms with Gasteiger partial charge in [-0.3, -0.25) is 24.8 Å². The van der Waals surface area contributed by atoms with E-state index in [0.717, 1.165) is 10.5 Å². The van der Waals surface area contributed by atoms with Crippen molar-refractivity contribution in [2.75, 3.05) is 0 Å². The van der Waals surface area contributed by atoms with Gasteiger partial charge < -0.3 is 0 Å². The molecular formula is C15H19N3O3. The molecule has 0 saturated carbocycles. The van der Waals surface area contributed by atoms with Crippen LogP contribution in [0.4, 0.5) is 4.79 Å². The summed E-state index contributed by atoms with van der Waals surface area (Å²) < 4.78 is 0. The average Bonchev–Trinajstić information content (AvgIpc) is 2.49. The number of amides is 4. The highest BCUT2D eigenvalue weighted by Crippen LogP contribution is 2.35. The Bertz CT molecular complexity index is 567. The van der Waals surface area contributed by atoms with Gasteiger partial charge in [0.25, 0.3) is 0 Å². The average molecular weight is 289 g/mol. The highest BCUT2D eigenvalue weighted by Gasteiger charge is 2.52. The Morgan fingerprint density at radius 3 is 2.48 bits per heavy atom. The summed E-state index contributed by atoms with van der Waals surface area (Å²) in [6, 6.07) is 2.40. The van der Waals surface area contributed by atoms with Crippen molar-refractivity contribution in [3.8, 4) is 0 Å². The Kier molecular flexibility index (Phi) is 4.06. The number of nitrogens with one attached hydrogen (secondary N) is 1. The zero-order valence-corrected chi connectivity index (χ0v) is 12.4. The molecule has 6 heteroatoms. The van der Waals surface area contributed by atoms with Gasteiger partial charge in [0.15, 0.2) is 0 Å². The van der Waals surface area contributed by atoms with Gasteiger partial charge in [-0.15, -0.1) is 0 Å². The van der Waals surface area contributed by atoms with Gasteiger partial charge >= 0.3 is 6.03 Å². The maximum Gasteiger partial charge on any atom is 0.331 e. The second-order valence-electron chi connectivity index (χ2n) is 5.19. The SMILES string of the molecule is CCC1(CC)C(=O)NC(=O)N(C(C)c2cccnc2)C1=O. The van der Waals surface area contributed by atoms with E-state index in [4.69, 9.17) is 0 Å². The number of hydrogen-bond acceptors (Lipinski definition) is 4. The van der Waals surface area contributed by atoms with E-state index < -0.39 is 29.3 Å². The standard InChI is InChI=1S/C15H19N3O3/c1-4-15(5-2)12(19)17-14(21)18(13(15)20)10(3)11-7-6-8-16-9-11/h6-10H,4-5H2,1-3H3,(H,17,19,21). The van der Waals surface area contributed by atoms with Crippen molar-refractivity contribution in [3.05, 3.63) is 30.1 Å². The van der Waals surface area contributed by atoms with Crippen LogP contribution in [0.1, 0.15) is 45.2 Å². The smallest absolute Gasteiger partial charge is 0.277 e. The zero-order chi connectivity index (χ0) is 15.6. The fraction of sp³-hybridized carbons (Fsp3) is 0.467. The number of carbonyl (C=O) groups excluding carboxylic acids is 3. The van der Waals surface area contributed by atoms with Crippen molar-refractivity contribution < 1.29 is 14.4 Å². The van der Waals surface area contributed by atoms with E-state index in [1.54, 1.807) is 45.3 Å². The molecule has 21 heavy (non-hydrogen) atoms. The molecule has 1 aromatic rings. The Labute approximate surface area is 123 Å². The zero-order valence-electron chi connectivity index (χ0n) is 12.4. The molecule has 1 atom stereocenters. The predicted octanol–water partition coefficient (Wildman–Crippen LogP) is 2.03. The summed E-state index contributed by atoms with van der Waals surface area (Å²) in [5.41, 5.74) is -0.416. The first kappa shape index (κ1) is 15.2. The Hall–Kier alpha value is -2.24. The van der Waals surface area contributed by atoms with E-state index in [0.29, 0.717) is 12.8 Å². The molecule has 1 aliphatic rings. The second-order valence-corrected chi connectivity index (χ2v) is 5.19. The molecule has 2 rings (SSSR count). The number of imide groups is 2. The van der Waals surface area contributed by atoms with Crippen molar-refractivity contribution in [3.63, 3.8) is 0 Å². The molecule has 6 nitrogen and oxygen atoms in total. The number of barbiturate groups is 1. The molecule has 1 N–H and O–H groups in total. The number of hydrogen-bond donors (Lipinski definition) is 1. The molecule has 0 spiro atoms. The lowest BCUT2D eigenvalue weighted by molar-refractivity contribution is -0.153. The minimum atomic E-state index is -1.16. The summed E-state index contributed by atoms with van der Waals surface area (Å²) in [6.07, 6.45) is 3.96. The lowest BCUT2D eigenvalue weighted by atomic mass is 9.78. The molecule has 1 aliphatic heterocycles. The summed E-state index contributed by atoms with van der Waals surface area (Å²) in [7, 11) is 0. The highest BCUT2D eigenvalue weighted by molar-refractivity contribution is 6.19. The summed E-state index contributed by atoms with van der Waals surface area (Å²) in [6.45, 7) is 5.31. The van der Waals surface area contributed by atoms with Crippen LogP contribution in [0, 0.1) is 5.41 Å². The third-order valence-electron chi connectivity index (χ3n) is 4.26. The molecule has 0 aliphatic carbocycles. The predicted molar refractivity (Wildman–Crippen MR) is 76.1 cm³/mol. The molecule has 1 aromatic heterocycles. The van der Waals surface area contributed by atoms with Crippen LogP contribution in [-0.2, 0) is 9.59 Å². The van der Waals surface area contributed by atoms with Crippen molar-refractivity contribution in [1.29, 1.82) is 0 Å². The molecule has 4 amide bonds. The Balaban J connectivity index is 2.41. The fourth-order valence-electron chi connectivity index (χ4n) is 2.69. The molecular weight excluding hydrogens is 270 g/mol. The molecule has 0 radical (unpaired) electrons. The second kappa shape index (κ2) is 5.63. The minimum absolute atomic E-state index is 0.359. The topological polar surface area (TPSA) is 79.4 Å². The normalized spacial score (nSPS) is 19.4. The van der Waals surface area contributed by atoms with Gasteiger partial charge in [-0.25, -0.2) is 4.79 Å². The van der Waals surface area contributed by atoms with E-state index in [2.05, 4.69) is 10.3 Å². The number of urea groups is 1. The van der Waals surface area contributed by atoms with E-state index in [1.807, 2.05) is 0 Å². The van der Waals surface area contributed by atoms with Crippen molar-refractivity contribution in [2.24, 2.45) is 5.41 Å². The minimum Gasteiger partial charge on any atom is -0.277 e. The van der Waals surface area contributed by atoms with E-state index in [-0.39, 0.29) is 0 Å². The molecule has 1 saturated heterocycles. The lowest BCUT2D eigenvalue weighted by Crippen LogP contribution is -2.63. The van der Waals surface area contributed by atoms with Gasteiger partial charge in [0.2, 0.25) is 11.8 Å². The number of carbonyl (C=O) groups is 3. The molecule has 0 aromatic carbocycles. The van der Waals surface area contributed by atoms with Crippen LogP contribution in [0.2, 0.25) is 0 Å².